The summed E-state index contributed by atoms with van der Waals surface area (Å²) < 4.78 is 61.9. The maximum absolute atomic E-state index is 13.4. The molecule has 3 aromatic rings. The number of halogens is 4. The van der Waals surface area contributed by atoms with Gasteiger partial charge in [0.05, 0.1) is 10.6 Å². The number of aromatic nitrogens is 1. The number of benzene rings is 2. The van der Waals surface area contributed by atoms with Gasteiger partial charge in [-0.1, -0.05) is 23.7 Å². The van der Waals surface area contributed by atoms with Gasteiger partial charge in [-0.25, -0.2) is 18.1 Å². The number of hydrogen-bond acceptors (Lipinski definition) is 5. The Balaban J connectivity index is 1.67. The molecule has 0 atom stereocenters. The van der Waals surface area contributed by atoms with Crippen LogP contribution in [0.25, 0.3) is 11.1 Å². The van der Waals surface area contributed by atoms with Crippen LogP contribution in [0.4, 0.5) is 23.7 Å². The van der Waals surface area contributed by atoms with Crippen LogP contribution in [-0.4, -0.2) is 41.3 Å². The van der Waals surface area contributed by atoms with Gasteiger partial charge in [0, 0.05) is 29.5 Å². The van der Waals surface area contributed by atoms with E-state index in [0.29, 0.717) is 10.6 Å². The number of alkyl halides is 3. The molecule has 1 aliphatic heterocycles. The number of carbonyl (C=O) groups is 2. The van der Waals surface area contributed by atoms with Crippen molar-refractivity contribution in [1.82, 2.24) is 9.88 Å². The molecule has 1 saturated heterocycles. The number of sulfone groups is 1. The number of imide groups is 1. The van der Waals surface area contributed by atoms with E-state index in [2.05, 4.69) is 4.98 Å². The molecular weight excluding hydrogens is 519 g/mol. The van der Waals surface area contributed by atoms with Crippen molar-refractivity contribution in [1.29, 1.82) is 0 Å². The highest BCUT2D eigenvalue weighted by atomic mass is 35.5. The monoisotopic (exact) mass is 537 g/mol. The summed E-state index contributed by atoms with van der Waals surface area (Å²) in [6.07, 6.45) is 3.19. The van der Waals surface area contributed by atoms with E-state index < -0.39 is 37.7 Å². The minimum absolute atomic E-state index is 0.0368. The average molecular weight is 538 g/mol. The Morgan fingerprint density at radius 2 is 1.58 bits per heavy atom. The van der Waals surface area contributed by atoms with Crippen molar-refractivity contribution in [3.05, 3.63) is 77.6 Å². The van der Waals surface area contributed by atoms with Gasteiger partial charge >= 0.3 is 11.5 Å². The van der Waals surface area contributed by atoms with Crippen LogP contribution in [-0.2, 0) is 21.2 Å². The van der Waals surface area contributed by atoms with Crippen molar-refractivity contribution in [3.8, 4) is 11.1 Å². The molecule has 0 saturated carbocycles. The minimum atomic E-state index is -5.56. The Labute approximate surface area is 210 Å². The van der Waals surface area contributed by atoms with Crippen molar-refractivity contribution >= 4 is 39.1 Å². The number of anilines is 1. The first-order valence-corrected chi connectivity index (χ1v) is 12.4. The molecule has 0 unspecified atom stereocenters. The molecule has 3 amide bonds. The molecule has 7 nitrogen and oxygen atoms in total. The first kappa shape index (κ1) is 25.6. The van der Waals surface area contributed by atoms with Crippen molar-refractivity contribution < 1.29 is 31.2 Å². The molecule has 1 aromatic heterocycles. The molecule has 2 aromatic carbocycles. The second-order valence-electron chi connectivity index (χ2n) is 8.55. The van der Waals surface area contributed by atoms with E-state index in [4.69, 9.17) is 11.6 Å². The second kappa shape index (κ2) is 8.90. The summed E-state index contributed by atoms with van der Waals surface area (Å²) >= 11 is 5.98. The summed E-state index contributed by atoms with van der Waals surface area (Å²) in [6, 6.07) is 11.5. The molecule has 4 rings (SSSR count). The molecule has 0 aliphatic carbocycles. The fourth-order valence-corrected chi connectivity index (χ4v) is 4.75. The van der Waals surface area contributed by atoms with Crippen LogP contribution in [0.15, 0.2) is 71.9 Å². The van der Waals surface area contributed by atoms with Crippen LogP contribution in [0.2, 0.25) is 5.02 Å². The fraction of sp³-hybridized carbons (Fsp3) is 0.208. The first-order valence-electron chi connectivity index (χ1n) is 10.5. The lowest BCUT2D eigenvalue weighted by atomic mass is 9.99. The van der Waals surface area contributed by atoms with Gasteiger partial charge in [0.2, 0.25) is 0 Å². The summed E-state index contributed by atoms with van der Waals surface area (Å²) in [5.74, 6) is -0.610. The van der Waals surface area contributed by atoms with Gasteiger partial charge in [0.25, 0.3) is 15.7 Å². The van der Waals surface area contributed by atoms with E-state index in [1.807, 2.05) is 0 Å². The summed E-state index contributed by atoms with van der Waals surface area (Å²) in [5, 5.41) is 0.551. The van der Waals surface area contributed by atoms with E-state index in [-0.39, 0.29) is 12.2 Å². The smallest absolute Gasteiger partial charge is 0.305 e. The molecule has 188 valence electrons. The standard InChI is InChI=1S/C24H19ClF3N3O4S/c1-23(2)21(32)31(18-7-9-19(10-8-18)36(34,35)24(26,27)28)22(33)30(23)14-16-11-12-29-13-20(16)15-3-5-17(25)6-4-15/h3-13H,14H2,1-2H3. The number of carbonyl (C=O) groups excluding carboxylic acids is 2. The first-order chi connectivity index (χ1) is 16.7. The molecule has 36 heavy (non-hydrogen) atoms. The maximum Gasteiger partial charge on any atom is 0.501 e. The third kappa shape index (κ3) is 4.33. The molecule has 0 N–H and O–H groups in total. The molecule has 0 radical (unpaired) electrons. The van der Waals surface area contributed by atoms with E-state index in [1.54, 1.807) is 56.6 Å². The third-order valence-corrected chi connectivity index (χ3v) is 7.68. The van der Waals surface area contributed by atoms with E-state index in [9.17, 15) is 31.2 Å². The van der Waals surface area contributed by atoms with Crippen LogP contribution in [0, 0.1) is 0 Å². The van der Waals surface area contributed by atoms with E-state index in [1.165, 1.54) is 4.90 Å². The summed E-state index contributed by atoms with van der Waals surface area (Å²) in [4.78, 5) is 31.9. The predicted octanol–water partition coefficient (Wildman–Crippen LogP) is 5.44. The minimum Gasteiger partial charge on any atom is -0.305 e. The van der Waals surface area contributed by atoms with E-state index in [0.717, 1.165) is 40.3 Å². The van der Waals surface area contributed by atoms with Gasteiger partial charge in [-0.15, -0.1) is 0 Å². The van der Waals surface area contributed by atoms with Crippen LogP contribution < -0.4 is 4.90 Å². The van der Waals surface area contributed by atoms with Gasteiger partial charge < -0.3 is 4.90 Å². The molecular formula is C24H19ClF3N3O4S. The normalized spacial score (nSPS) is 16.1. The Hall–Kier alpha value is -3.44. The number of rotatable bonds is 5. The third-order valence-electron chi connectivity index (χ3n) is 5.93. The molecule has 0 bridgehead atoms. The van der Waals surface area contributed by atoms with Gasteiger partial charge in [0.15, 0.2) is 0 Å². The molecule has 1 aliphatic rings. The zero-order valence-electron chi connectivity index (χ0n) is 19.0. The Morgan fingerprint density at radius 3 is 2.17 bits per heavy atom. The molecule has 1 fully saturated rings. The average Bonchev–Trinajstić information content (AvgIpc) is 2.98. The Kier molecular flexibility index (Phi) is 6.34. The molecule has 2 heterocycles. The maximum atomic E-state index is 13.4. The summed E-state index contributed by atoms with van der Waals surface area (Å²) in [6.45, 7) is 3.15. The van der Waals surface area contributed by atoms with Crippen LogP contribution in [0.3, 0.4) is 0 Å². The lowest BCUT2D eigenvalue weighted by Crippen LogP contribution is -2.43. The highest BCUT2D eigenvalue weighted by Gasteiger charge is 2.52. The summed E-state index contributed by atoms with van der Waals surface area (Å²) in [7, 11) is -5.56. The van der Waals surface area contributed by atoms with Crippen LogP contribution in [0.1, 0.15) is 19.4 Å². The molecule has 12 heteroatoms. The van der Waals surface area contributed by atoms with Crippen LogP contribution >= 0.6 is 11.6 Å². The largest absolute Gasteiger partial charge is 0.501 e. The lowest BCUT2D eigenvalue weighted by Gasteiger charge is -2.28. The Morgan fingerprint density at radius 1 is 0.972 bits per heavy atom. The van der Waals surface area contributed by atoms with Gasteiger partial charge in [0.1, 0.15) is 5.54 Å². The van der Waals surface area contributed by atoms with Crippen molar-refractivity contribution in [3.63, 3.8) is 0 Å². The Bertz CT molecular complexity index is 1440. The number of nitrogens with zero attached hydrogens (tertiary/aromatic N) is 3. The number of pyridine rings is 1. The SMILES string of the molecule is CC1(C)C(=O)N(c2ccc(S(=O)(=O)C(F)(F)F)cc2)C(=O)N1Cc1ccncc1-c1ccc(Cl)cc1. The zero-order valence-corrected chi connectivity index (χ0v) is 20.5. The number of amides is 3. The lowest BCUT2D eigenvalue weighted by molar-refractivity contribution is -0.123. The topological polar surface area (TPSA) is 87.7 Å². The van der Waals surface area contributed by atoms with Crippen molar-refractivity contribution in [2.24, 2.45) is 0 Å². The highest BCUT2D eigenvalue weighted by molar-refractivity contribution is 7.92. The highest BCUT2D eigenvalue weighted by Crippen LogP contribution is 2.36. The van der Waals surface area contributed by atoms with Gasteiger partial charge in [-0.3, -0.25) is 9.78 Å². The van der Waals surface area contributed by atoms with Crippen molar-refractivity contribution in [2.75, 3.05) is 4.90 Å². The van der Waals surface area contributed by atoms with Gasteiger partial charge in [-0.05, 0) is 67.4 Å². The second-order valence-corrected chi connectivity index (χ2v) is 10.9. The number of urea groups is 1. The fourth-order valence-electron chi connectivity index (χ4n) is 3.86. The zero-order chi connectivity index (χ0) is 26.5. The molecule has 0 spiro atoms. The van der Waals surface area contributed by atoms with Crippen molar-refractivity contribution in [2.45, 2.75) is 36.3 Å². The predicted molar refractivity (Wildman–Crippen MR) is 127 cm³/mol. The number of hydrogen-bond donors (Lipinski definition) is 0. The van der Waals surface area contributed by atoms with E-state index >= 15 is 0 Å². The van der Waals surface area contributed by atoms with Crippen LogP contribution in [0.5, 0.6) is 0 Å². The van der Waals surface area contributed by atoms with Gasteiger partial charge in [-0.2, -0.15) is 13.2 Å². The summed E-state index contributed by atoms with van der Waals surface area (Å²) in [5.41, 5.74) is -4.58. The quantitative estimate of drug-likeness (QED) is 0.404.